The van der Waals surface area contributed by atoms with Crippen molar-refractivity contribution in [2.75, 3.05) is 41.2 Å². The molecule has 6 heteroatoms. The molecule has 2 rings (SSSR count). The summed E-state index contributed by atoms with van der Waals surface area (Å²) in [5.41, 5.74) is 0.534. The number of hydrogen-bond acceptors (Lipinski definition) is 6. The Kier molecular flexibility index (Phi) is 5.05. The Bertz CT molecular complexity index is 416. The number of aliphatic hydroxyl groups is 1. The Morgan fingerprint density at radius 3 is 2.20 bits per heavy atom. The number of benzene rings is 1. The van der Waals surface area contributed by atoms with Gasteiger partial charge in [0.25, 0.3) is 0 Å². The third-order valence-corrected chi connectivity index (χ3v) is 3.24. The first kappa shape index (κ1) is 14.9. The van der Waals surface area contributed by atoms with Crippen LogP contribution in [0.15, 0.2) is 12.1 Å². The minimum Gasteiger partial charge on any atom is -0.496 e. The van der Waals surface area contributed by atoms with Gasteiger partial charge in [0, 0.05) is 12.1 Å². The minimum absolute atomic E-state index is 0.333. The van der Waals surface area contributed by atoms with E-state index in [2.05, 4.69) is 0 Å². The Balaban J connectivity index is 2.36. The van der Waals surface area contributed by atoms with Crippen LogP contribution in [-0.4, -0.2) is 52.4 Å². The lowest BCUT2D eigenvalue weighted by Crippen LogP contribution is -2.34. The fourth-order valence-electron chi connectivity index (χ4n) is 2.20. The van der Waals surface area contributed by atoms with E-state index in [9.17, 15) is 5.11 Å². The third kappa shape index (κ3) is 2.98. The van der Waals surface area contributed by atoms with E-state index in [4.69, 9.17) is 23.7 Å². The Morgan fingerprint density at radius 2 is 1.75 bits per heavy atom. The van der Waals surface area contributed by atoms with Crippen molar-refractivity contribution in [3.05, 3.63) is 17.7 Å². The first-order valence-corrected chi connectivity index (χ1v) is 6.38. The Morgan fingerprint density at radius 1 is 1.10 bits per heavy atom. The van der Waals surface area contributed by atoms with Crippen LogP contribution in [0.5, 0.6) is 17.2 Å². The summed E-state index contributed by atoms with van der Waals surface area (Å²) in [4.78, 5) is 0. The van der Waals surface area contributed by atoms with Crippen LogP contribution in [0.4, 0.5) is 0 Å². The lowest BCUT2D eigenvalue weighted by atomic mass is 10.0. The second-order valence-electron chi connectivity index (χ2n) is 4.37. The molecule has 0 saturated carbocycles. The summed E-state index contributed by atoms with van der Waals surface area (Å²) >= 11 is 0. The SMILES string of the molecule is COc1cc(OC)c(C(O)C2COCCO2)c(OC)c1. The van der Waals surface area contributed by atoms with E-state index in [-0.39, 0.29) is 0 Å². The second kappa shape index (κ2) is 6.78. The Labute approximate surface area is 118 Å². The zero-order valence-electron chi connectivity index (χ0n) is 11.9. The van der Waals surface area contributed by atoms with Crippen molar-refractivity contribution in [3.8, 4) is 17.2 Å². The first-order valence-electron chi connectivity index (χ1n) is 6.38. The molecule has 2 atom stereocenters. The summed E-state index contributed by atoms with van der Waals surface area (Å²) in [5, 5.41) is 10.5. The maximum Gasteiger partial charge on any atom is 0.132 e. The molecule has 0 spiro atoms. The summed E-state index contributed by atoms with van der Waals surface area (Å²) < 4.78 is 26.7. The van der Waals surface area contributed by atoms with Gasteiger partial charge in [0.05, 0.1) is 46.7 Å². The van der Waals surface area contributed by atoms with E-state index in [1.807, 2.05) is 0 Å². The van der Waals surface area contributed by atoms with Crippen molar-refractivity contribution >= 4 is 0 Å². The molecule has 0 aromatic heterocycles. The molecule has 1 fully saturated rings. The standard InChI is InChI=1S/C14H20O6/c1-16-9-6-10(17-2)13(11(7-9)18-3)14(15)12-8-19-4-5-20-12/h6-7,12,14-15H,4-5,8H2,1-3H3. The van der Waals surface area contributed by atoms with E-state index in [0.29, 0.717) is 42.6 Å². The van der Waals surface area contributed by atoms with Crippen LogP contribution in [0.25, 0.3) is 0 Å². The van der Waals surface area contributed by atoms with Gasteiger partial charge < -0.3 is 28.8 Å². The fraction of sp³-hybridized carbons (Fsp3) is 0.571. The molecule has 0 bridgehead atoms. The first-order chi connectivity index (χ1) is 9.71. The predicted octanol–water partition coefficient (Wildman–Crippen LogP) is 1.16. The zero-order chi connectivity index (χ0) is 14.5. The molecule has 2 unspecified atom stereocenters. The monoisotopic (exact) mass is 284 g/mol. The Hall–Kier alpha value is -1.50. The molecule has 0 amide bonds. The van der Waals surface area contributed by atoms with Crippen LogP contribution in [0, 0.1) is 0 Å². The van der Waals surface area contributed by atoms with Gasteiger partial charge >= 0.3 is 0 Å². The van der Waals surface area contributed by atoms with Gasteiger partial charge in [0.2, 0.25) is 0 Å². The molecule has 1 heterocycles. The molecule has 1 saturated heterocycles. The molecule has 1 aliphatic rings. The molecule has 1 aromatic carbocycles. The smallest absolute Gasteiger partial charge is 0.132 e. The van der Waals surface area contributed by atoms with Gasteiger partial charge in [-0.3, -0.25) is 0 Å². The number of hydrogen-bond donors (Lipinski definition) is 1. The van der Waals surface area contributed by atoms with Crippen LogP contribution in [0.2, 0.25) is 0 Å². The number of ether oxygens (including phenoxy) is 5. The van der Waals surface area contributed by atoms with E-state index < -0.39 is 12.2 Å². The number of rotatable bonds is 5. The summed E-state index contributed by atoms with van der Waals surface area (Å²) in [6.45, 7) is 1.34. The van der Waals surface area contributed by atoms with Crippen molar-refractivity contribution in [1.82, 2.24) is 0 Å². The molecule has 0 aliphatic carbocycles. The quantitative estimate of drug-likeness (QED) is 0.875. The van der Waals surface area contributed by atoms with Gasteiger partial charge in [-0.05, 0) is 0 Å². The average molecular weight is 284 g/mol. The van der Waals surface area contributed by atoms with Gasteiger partial charge in [-0.1, -0.05) is 0 Å². The maximum atomic E-state index is 10.5. The molecule has 1 aliphatic heterocycles. The second-order valence-corrected chi connectivity index (χ2v) is 4.37. The van der Waals surface area contributed by atoms with Gasteiger partial charge in [-0.25, -0.2) is 0 Å². The van der Waals surface area contributed by atoms with Crippen molar-refractivity contribution < 1.29 is 28.8 Å². The molecule has 112 valence electrons. The lowest BCUT2D eigenvalue weighted by Gasteiger charge is -2.29. The molecular weight excluding hydrogens is 264 g/mol. The maximum absolute atomic E-state index is 10.5. The lowest BCUT2D eigenvalue weighted by molar-refractivity contribution is -0.134. The summed E-state index contributed by atoms with van der Waals surface area (Å²) in [5.74, 6) is 1.57. The largest absolute Gasteiger partial charge is 0.496 e. The van der Waals surface area contributed by atoms with Gasteiger partial charge in [-0.15, -0.1) is 0 Å². The highest BCUT2D eigenvalue weighted by molar-refractivity contribution is 5.52. The molecule has 0 radical (unpaired) electrons. The van der Waals surface area contributed by atoms with Crippen molar-refractivity contribution in [3.63, 3.8) is 0 Å². The summed E-state index contributed by atoms with van der Waals surface area (Å²) in [6.07, 6.45) is -1.34. The van der Waals surface area contributed by atoms with Crippen molar-refractivity contribution in [2.45, 2.75) is 12.2 Å². The molecule has 6 nitrogen and oxygen atoms in total. The zero-order valence-corrected chi connectivity index (χ0v) is 11.9. The fourth-order valence-corrected chi connectivity index (χ4v) is 2.20. The van der Waals surface area contributed by atoms with Gasteiger partial charge in [0.1, 0.15) is 29.5 Å². The minimum atomic E-state index is -0.897. The molecule has 1 N–H and O–H groups in total. The molecule has 20 heavy (non-hydrogen) atoms. The predicted molar refractivity (Wildman–Crippen MR) is 71.6 cm³/mol. The van der Waals surface area contributed by atoms with Crippen LogP contribution < -0.4 is 14.2 Å². The average Bonchev–Trinajstić information content (AvgIpc) is 2.53. The van der Waals surface area contributed by atoms with Gasteiger partial charge in [0.15, 0.2) is 0 Å². The van der Waals surface area contributed by atoms with Crippen LogP contribution in [0.3, 0.4) is 0 Å². The van der Waals surface area contributed by atoms with E-state index >= 15 is 0 Å². The van der Waals surface area contributed by atoms with Crippen LogP contribution in [-0.2, 0) is 9.47 Å². The van der Waals surface area contributed by atoms with Crippen molar-refractivity contribution in [2.24, 2.45) is 0 Å². The van der Waals surface area contributed by atoms with Gasteiger partial charge in [-0.2, -0.15) is 0 Å². The van der Waals surface area contributed by atoms with E-state index in [0.717, 1.165) is 0 Å². The highest BCUT2D eigenvalue weighted by atomic mass is 16.6. The topological polar surface area (TPSA) is 66.4 Å². The van der Waals surface area contributed by atoms with E-state index in [1.54, 1.807) is 19.2 Å². The highest BCUT2D eigenvalue weighted by Gasteiger charge is 2.30. The van der Waals surface area contributed by atoms with Crippen LogP contribution in [0.1, 0.15) is 11.7 Å². The van der Waals surface area contributed by atoms with Crippen LogP contribution >= 0.6 is 0 Å². The highest BCUT2D eigenvalue weighted by Crippen LogP contribution is 2.40. The number of aliphatic hydroxyl groups excluding tert-OH is 1. The van der Waals surface area contributed by atoms with Crippen molar-refractivity contribution in [1.29, 1.82) is 0 Å². The molecular formula is C14H20O6. The summed E-state index contributed by atoms with van der Waals surface area (Å²) in [6, 6.07) is 3.40. The normalized spacial score (nSPS) is 20.3. The number of methoxy groups -OCH3 is 3. The summed E-state index contributed by atoms with van der Waals surface area (Å²) in [7, 11) is 4.62. The molecule has 1 aromatic rings. The van der Waals surface area contributed by atoms with E-state index in [1.165, 1.54) is 14.2 Å². The third-order valence-electron chi connectivity index (χ3n) is 3.24.